The maximum Gasteiger partial charge on any atom is 0.260 e. The third-order valence-electron chi connectivity index (χ3n) is 5.20. The maximum absolute atomic E-state index is 12.9. The summed E-state index contributed by atoms with van der Waals surface area (Å²) >= 11 is 3.50. The van der Waals surface area contributed by atoms with E-state index in [1.807, 2.05) is 60.9 Å². The highest BCUT2D eigenvalue weighted by Gasteiger charge is 2.13. The van der Waals surface area contributed by atoms with Crippen molar-refractivity contribution in [2.75, 3.05) is 13.2 Å². The summed E-state index contributed by atoms with van der Waals surface area (Å²) < 4.78 is 13.9. The van der Waals surface area contributed by atoms with E-state index in [0.29, 0.717) is 46.5 Å². The molecule has 4 rings (SSSR count). The predicted octanol–water partition coefficient (Wildman–Crippen LogP) is 4.86. The SMILES string of the molecule is CCOc1cc(/C=N/NC(=O)Cn2c3ccccc3c(=O)c3ccccc32)cc(Br)c1OCC. The molecule has 0 saturated carbocycles. The van der Waals surface area contributed by atoms with Gasteiger partial charge < -0.3 is 14.0 Å². The Kier molecular flexibility index (Phi) is 7.27. The number of pyridine rings is 1. The van der Waals surface area contributed by atoms with Crippen LogP contribution in [0.3, 0.4) is 0 Å². The van der Waals surface area contributed by atoms with E-state index in [2.05, 4.69) is 26.5 Å². The number of para-hydroxylation sites is 2. The van der Waals surface area contributed by atoms with Crippen LogP contribution in [-0.2, 0) is 11.3 Å². The lowest BCUT2D eigenvalue weighted by atomic mass is 10.1. The smallest absolute Gasteiger partial charge is 0.260 e. The van der Waals surface area contributed by atoms with Gasteiger partial charge in [0.15, 0.2) is 16.9 Å². The van der Waals surface area contributed by atoms with Crippen molar-refractivity contribution in [1.29, 1.82) is 0 Å². The second-order valence-electron chi connectivity index (χ2n) is 7.44. The molecule has 1 N–H and O–H groups in total. The van der Waals surface area contributed by atoms with Crippen molar-refractivity contribution in [2.45, 2.75) is 20.4 Å². The molecule has 0 radical (unpaired) electrons. The molecule has 0 spiro atoms. The molecule has 0 atom stereocenters. The quantitative estimate of drug-likeness (QED) is 0.204. The van der Waals surface area contributed by atoms with Gasteiger partial charge in [-0.1, -0.05) is 24.3 Å². The molecule has 4 aromatic rings. The summed E-state index contributed by atoms with van der Waals surface area (Å²) in [6, 6.07) is 18.2. The second kappa shape index (κ2) is 10.5. The number of halogens is 1. The van der Waals surface area contributed by atoms with Gasteiger partial charge in [-0.3, -0.25) is 9.59 Å². The highest BCUT2D eigenvalue weighted by molar-refractivity contribution is 9.10. The number of ether oxygens (including phenoxy) is 2. The van der Waals surface area contributed by atoms with Crippen molar-refractivity contribution < 1.29 is 14.3 Å². The number of nitrogens with one attached hydrogen (secondary N) is 1. The van der Waals surface area contributed by atoms with Crippen LogP contribution in [0.15, 0.2) is 75.0 Å². The van der Waals surface area contributed by atoms with Crippen LogP contribution in [0.5, 0.6) is 11.5 Å². The van der Waals surface area contributed by atoms with Crippen molar-refractivity contribution in [1.82, 2.24) is 9.99 Å². The minimum absolute atomic E-state index is 0.00974. The van der Waals surface area contributed by atoms with Crippen LogP contribution in [-0.4, -0.2) is 29.9 Å². The van der Waals surface area contributed by atoms with Gasteiger partial charge in [-0.05, 0) is 71.7 Å². The largest absolute Gasteiger partial charge is 0.490 e. The van der Waals surface area contributed by atoms with Crippen molar-refractivity contribution in [2.24, 2.45) is 5.10 Å². The van der Waals surface area contributed by atoms with Crippen molar-refractivity contribution in [3.63, 3.8) is 0 Å². The molecule has 8 heteroatoms. The molecule has 174 valence electrons. The summed E-state index contributed by atoms with van der Waals surface area (Å²) in [5, 5.41) is 5.26. The molecule has 0 unspecified atom stereocenters. The summed E-state index contributed by atoms with van der Waals surface area (Å²) in [6.07, 6.45) is 1.54. The first-order chi connectivity index (χ1) is 16.5. The van der Waals surface area contributed by atoms with Crippen LogP contribution in [0.2, 0.25) is 0 Å². The fourth-order valence-corrected chi connectivity index (χ4v) is 4.39. The van der Waals surface area contributed by atoms with E-state index >= 15 is 0 Å². The molecule has 1 heterocycles. The van der Waals surface area contributed by atoms with Gasteiger partial charge in [-0.25, -0.2) is 5.43 Å². The third-order valence-corrected chi connectivity index (χ3v) is 5.79. The number of hydrazone groups is 1. The van der Waals surface area contributed by atoms with Crippen LogP contribution in [0.25, 0.3) is 21.8 Å². The minimum Gasteiger partial charge on any atom is -0.490 e. The van der Waals surface area contributed by atoms with Gasteiger partial charge in [0.1, 0.15) is 6.54 Å². The Morgan fingerprint density at radius 2 is 1.62 bits per heavy atom. The molecular weight excluding hydrogens is 498 g/mol. The lowest BCUT2D eigenvalue weighted by Crippen LogP contribution is -2.25. The molecule has 1 amide bonds. The molecule has 0 fully saturated rings. The van der Waals surface area contributed by atoms with E-state index in [4.69, 9.17) is 9.47 Å². The highest BCUT2D eigenvalue weighted by Crippen LogP contribution is 2.36. The summed E-state index contributed by atoms with van der Waals surface area (Å²) in [5.74, 6) is 0.908. The lowest BCUT2D eigenvalue weighted by Gasteiger charge is -2.14. The van der Waals surface area contributed by atoms with E-state index < -0.39 is 0 Å². The Morgan fingerprint density at radius 1 is 1.00 bits per heavy atom. The monoisotopic (exact) mass is 521 g/mol. The maximum atomic E-state index is 12.9. The van der Waals surface area contributed by atoms with Crippen molar-refractivity contribution in [3.8, 4) is 11.5 Å². The topological polar surface area (TPSA) is 81.9 Å². The van der Waals surface area contributed by atoms with Crippen LogP contribution in [0, 0.1) is 0 Å². The predicted molar refractivity (Wildman–Crippen MR) is 138 cm³/mol. The molecule has 0 bridgehead atoms. The van der Waals surface area contributed by atoms with Gasteiger partial charge in [0.25, 0.3) is 5.91 Å². The van der Waals surface area contributed by atoms with Gasteiger partial charge in [0, 0.05) is 10.8 Å². The second-order valence-corrected chi connectivity index (χ2v) is 8.29. The highest BCUT2D eigenvalue weighted by atomic mass is 79.9. The summed E-state index contributed by atoms with van der Waals surface area (Å²) in [5.41, 5.74) is 4.66. The number of carbonyl (C=O) groups excluding carboxylic acids is 1. The Bertz CT molecular complexity index is 1390. The molecule has 0 saturated heterocycles. The van der Waals surface area contributed by atoms with Crippen molar-refractivity contribution in [3.05, 3.63) is 80.9 Å². The summed E-state index contributed by atoms with van der Waals surface area (Å²) in [4.78, 5) is 25.6. The normalized spacial score (nSPS) is 11.3. The first-order valence-electron chi connectivity index (χ1n) is 10.9. The first kappa shape index (κ1) is 23.5. The number of fused-ring (bicyclic) bond motifs is 2. The molecule has 0 aliphatic heterocycles. The van der Waals surface area contributed by atoms with Gasteiger partial charge in [-0.15, -0.1) is 0 Å². The molecular formula is C26H24BrN3O4. The van der Waals surface area contributed by atoms with E-state index in [1.54, 1.807) is 24.4 Å². The van der Waals surface area contributed by atoms with E-state index in [9.17, 15) is 9.59 Å². The Morgan fingerprint density at radius 3 is 2.24 bits per heavy atom. The number of nitrogens with zero attached hydrogens (tertiary/aromatic N) is 2. The molecule has 3 aromatic carbocycles. The number of hydrogen-bond acceptors (Lipinski definition) is 5. The number of rotatable bonds is 8. The van der Waals surface area contributed by atoms with Gasteiger partial charge in [0.05, 0.1) is 34.9 Å². The number of aromatic nitrogens is 1. The Balaban J connectivity index is 1.58. The molecule has 1 aromatic heterocycles. The standard InChI is InChI=1S/C26H24BrN3O4/c1-3-33-23-14-17(13-20(27)26(23)34-4-2)15-28-29-24(31)16-30-21-11-7-5-9-18(21)25(32)19-10-6-8-12-22(19)30/h5-15H,3-4,16H2,1-2H3,(H,29,31)/b28-15+. The number of benzene rings is 3. The van der Waals surface area contributed by atoms with Crippen LogP contribution >= 0.6 is 15.9 Å². The molecule has 0 aliphatic carbocycles. The Hall–Kier alpha value is -3.65. The lowest BCUT2D eigenvalue weighted by molar-refractivity contribution is -0.121. The third kappa shape index (κ3) is 4.82. The number of hydrogen-bond donors (Lipinski definition) is 1. The number of amides is 1. The summed E-state index contributed by atoms with van der Waals surface area (Å²) in [6.45, 7) is 4.81. The fraction of sp³-hybridized carbons (Fsp3) is 0.192. The molecule has 34 heavy (non-hydrogen) atoms. The number of carbonyl (C=O) groups is 1. The van der Waals surface area contributed by atoms with Crippen LogP contribution in [0.1, 0.15) is 19.4 Å². The fourth-order valence-electron chi connectivity index (χ4n) is 3.81. The average Bonchev–Trinajstić information content (AvgIpc) is 2.84. The first-order valence-corrected chi connectivity index (χ1v) is 11.7. The zero-order valence-corrected chi connectivity index (χ0v) is 20.5. The zero-order chi connectivity index (χ0) is 24.1. The van der Waals surface area contributed by atoms with Gasteiger partial charge in [0.2, 0.25) is 0 Å². The Labute approximate surface area is 205 Å². The van der Waals surface area contributed by atoms with E-state index in [-0.39, 0.29) is 17.9 Å². The summed E-state index contributed by atoms with van der Waals surface area (Å²) in [7, 11) is 0. The van der Waals surface area contributed by atoms with Gasteiger partial charge >= 0.3 is 0 Å². The van der Waals surface area contributed by atoms with E-state index in [1.165, 1.54) is 0 Å². The minimum atomic E-state index is -0.315. The van der Waals surface area contributed by atoms with Crippen molar-refractivity contribution >= 4 is 49.9 Å². The van der Waals surface area contributed by atoms with Gasteiger partial charge in [-0.2, -0.15) is 5.10 Å². The zero-order valence-electron chi connectivity index (χ0n) is 18.9. The average molecular weight is 522 g/mol. The van der Waals surface area contributed by atoms with Crippen LogP contribution in [0.4, 0.5) is 0 Å². The molecule has 0 aliphatic rings. The van der Waals surface area contributed by atoms with E-state index in [0.717, 1.165) is 10.0 Å². The molecule has 7 nitrogen and oxygen atoms in total. The van der Waals surface area contributed by atoms with Crippen LogP contribution < -0.4 is 20.3 Å².